The first kappa shape index (κ1) is 14.6. The van der Waals surface area contributed by atoms with Gasteiger partial charge in [0.15, 0.2) is 0 Å². The van der Waals surface area contributed by atoms with E-state index in [1.165, 1.54) is 0 Å². The number of carbonyl (C=O) groups is 1. The lowest BCUT2D eigenvalue weighted by molar-refractivity contribution is 0.0691. The Morgan fingerprint density at radius 3 is 2.82 bits per heavy atom. The van der Waals surface area contributed by atoms with Crippen LogP contribution in [0.4, 0.5) is 5.69 Å². The van der Waals surface area contributed by atoms with Crippen LogP contribution in [0.15, 0.2) is 41.1 Å². The largest absolute Gasteiger partial charge is 0.467 e. The summed E-state index contributed by atoms with van der Waals surface area (Å²) in [5.74, 6) is 1.61. The number of pyridine rings is 1. The SMILES string of the molecule is CC1CCN(C(=O)c2ccc(NCc3ccco3)cn2)CC1. The molecule has 116 valence electrons. The molecule has 1 aliphatic rings. The maximum Gasteiger partial charge on any atom is 0.272 e. The number of hydrogen-bond acceptors (Lipinski definition) is 4. The molecule has 5 nitrogen and oxygen atoms in total. The molecule has 1 amide bonds. The fourth-order valence-electron chi connectivity index (χ4n) is 2.60. The van der Waals surface area contributed by atoms with Crippen molar-refractivity contribution in [3.63, 3.8) is 0 Å². The van der Waals surface area contributed by atoms with Crippen LogP contribution in [0.25, 0.3) is 0 Å². The van der Waals surface area contributed by atoms with E-state index in [0.717, 1.165) is 37.4 Å². The van der Waals surface area contributed by atoms with Crippen LogP contribution in [-0.2, 0) is 6.54 Å². The summed E-state index contributed by atoms with van der Waals surface area (Å²) in [5.41, 5.74) is 1.39. The van der Waals surface area contributed by atoms with Gasteiger partial charge in [0.05, 0.1) is 24.7 Å². The molecule has 2 aromatic rings. The van der Waals surface area contributed by atoms with Crippen LogP contribution in [-0.4, -0.2) is 28.9 Å². The third kappa shape index (κ3) is 3.47. The van der Waals surface area contributed by atoms with Crippen LogP contribution in [0.2, 0.25) is 0 Å². The van der Waals surface area contributed by atoms with Crippen molar-refractivity contribution >= 4 is 11.6 Å². The van der Waals surface area contributed by atoms with Gasteiger partial charge in [0, 0.05) is 13.1 Å². The Morgan fingerprint density at radius 1 is 1.36 bits per heavy atom. The number of carbonyl (C=O) groups excluding carboxylic acids is 1. The molecular weight excluding hydrogens is 278 g/mol. The van der Waals surface area contributed by atoms with Gasteiger partial charge in [-0.15, -0.1) is 0 Å². The fourth-order valence-corrected chi connectivity index (χ4v) is 2.60. The van der Waals surface area contributed by atoms with Gasteiger partial charge in [-0.2, -0.15) is 0 Å². The lowest BCUT2D eigenvalue weighted by atomic mass is 9.99. The lowest BCUT2D eigenvalue weighted by Crippen LogP contribution is -2.38. The smallest absolute Gasteiger partial charge is 0.272 e. The maximum atomic E-state index is 12.4. The van der Waals surface area contributed by atoms with Crippen molar-refractivity contribution in [2.24, 2.45) is 5.92 Å². The van der Waals surface area contributed by atoms with E-state index in [9.17, 15) is 4.79 Å². The Kier molecular flexibility index (Phi) is 4.42. The number of amides is 1. The summed E-state index contributed by atoms with van der Waals surface area (Å²) in [5, 5.41) is 3.22. The number of furan rings is 1. The monoisotopic (exact) mass is 299 g/mol. The Labute approximate surface area is 130 Å². The Morgan fingerprint density at radius 2 is 2.18 bits per heavy atom. The van der Waals surface area contributed by atoms with Crippen LogP contribution in [0.5, 0.6) is 0 Å². The highest BCUT2D eigenvalue weighted by Crippen LogP contribution is 2.18. The van der Waals surface area contributed by atoms with Crippen molar-refractivity contribution in [1.29, 1.82) is 0 Å². The molecule has 1 N–H and O–H groups in total. The van der Waals surface area contributed by atoms with E-state index in [0.29, 0.717) is 18.2 Å². The molecule has 3 heterocycles. The zero-order valence-corrected chi connectivity index (χ0v) is 12.8. The highest BCUT2D eigenvalue weighted by atomic mass is 16.3. The van der Waals surface area contributed by atoms with Crippen LogP contribution in [0, 0.1) is 5.92 Å². The van der Waals surface area contributed by atoms with E-state index in [1.807, 2.05) is 23.1 Å². The third-order valence-corrected chi connectivity index (χ3v) is 4.10. The minimum atomic E-state index is 0.0319. The number of nitrogens with one attached hydrogen (secondary N) is 1. The molecule has 0 spiro atoms. The number of aromatic nitrogens is 1. The number of piperidine rings is 1. The second-order valence-corrected chi connectivity index (χ2v) is 5.84. The van der Waals surface area contributed by atoms with Gasteiger partial charge >= 0.3 is 0 Å². The number of anilines is 1. The van der Waals surface area contributed by atoms with Crippen LogP contribution in [0.1, 0.15) is 36.0 Å². The van der Waals surface area contributed by atoms with Crippen molar-refractivity contribution in [3.8, 4) is 0 Å². The predicted molar refractivity (Wildman–Crippen MR) is 84.6 cm³/mol. The van der Waals surface area contributed by atoms with Crippen molar-refractivity contribution in [1.82, 2.24) is 9.88 Å². The summed E-state index contributed by atoms with van der Waals surface area (Å²) in [4.78, 5) is 18.6. The van der Waals surface area contributed by atoms with Crippen LogP contribution >= 0.6 is 0 Å². The first-order chi connectivity index (χ1) is 10.7. The zero-order chi connectivity index (χ0) is 15.4. The first-order valence-electron chi connectivity index (χ1n) is 7.74. The summed E-state index contributed by atoms with van der Waals surface area (Å²) in [6.45, 7) is 4.51. The quantitative estimate of drug-likeness (QED) is 0.942. The molecule has 3 rings (SSSR count). The minimum Gasteiger partial charge on any atom is -0.467 e. The van der Waals surface area contributed by atoms with E-state index in [2.05, 4.69) is 17.2 Å². The number of likely N-dealkylation sites (tertiary alicyclic amines) is 1. The fraction of sp³-hybridized carbons (Fsp3) is 0.412. The second kappa shape index (κ2) is 6.64. The summed E-state index contributed by atoms with van der Waals surface area (Å²) in [7, 11) is 0. The summed E-state index contributed by atoms with van der Waals surface area (Å²) in [6.07, 6.45) is 5.50. The van der Waals surface area contributed by atoms with Gasteiger partial charge in [0.2, 0.25) is 0 Å². The molecule has 22 heavy (non-hydrogen) atoms. The maximum absolute atomic E-state index is 12.4. The first-order valence-corrected chi connectivity index (χ1v) is 7.74. The molecule has 0 bridgehead atoms. The Bertz CT molecular complexity index is 599. The molecule has 0 aliphatic carbocycles. The molecule has 1 saturated heterocycles. The van der Waals surface area contributed by atoms with Gasteiger partial charge in [-0.05, 0) is 43.0 Å². The third-order valence-electron chi connectivity index (χ3n) is 4.10. The summed E-state index contributed by atoms with van der Waals surface area (Å²) in [6, 6.07) is 7.44. The molecule has 1 aliphatic heterocycles. The van der Waals surface area contributed by atoms with Gasteiger partial charge < -0.3 is 14.6 Å². The molecule has 1 fully saturated rings. The molecular formula is C17H21N3O2. The molecule has 0 atom stereocenters. The van der Waals surface area contributed by atoms with Crippen molar-refractivity contribution in [2.45, 2.75) is 26.3 Å². The molecule has 5 heteroatoms. The molecule has 0 radical (unpaired) electrons. The normalized spacial score (nSPS) is 15.8. The van der Waals surface area contributed by atoms with Gasteiger partial charge in [0.1, 0.15) is 11.5 Å². The van der Waals surface area contributed by atoms with Crippen LogP contribution < -0.4 is 5.32 Å². The second-order valence-electron chi connectivity index (χ2n) is 5.84. The van der Waals surface area contributed by atoms with Crippen molar-refractivity contribution in [3.05, 3.63) is 48.2 Å². The standard InChI is InChI=1S/C17H21N3O2/c1-13-6-8-20(9-7-13)17(21)16-5-4-14(11-19-16)18-12-15-3-2-10-22-15/h2-5,10-11,13,18H,6-9,12H2,1H3. The number of nitrogens with zero attached hydrogens (tertiary/aromatic N) is 2. The predicted octanol–water partition coefficient (Wildman–Crippen LogP) is 3.16. The van der Waals surface area contributed by atoms with Gasteiger partial charge in [0.25, 0.3) is 5.91 Å². The Balaban J connectivity index is 1.57. The van der Waals surface area contributed by atoms with E-state index in [1.54, 1.807) is 18.5 Å². The molecule has 0 saturated carbocycles. The van der Waals surface area contributed by atoms with Crippen molar-refractivity contribution < 1.29 is 9.21 Å². The Hall–Kier alpha value is -2.30. The van der Waals surface area contributed by atoms with Crippen LogP contribution in [0.3, 0.4) is 0 Å². The van der Waals surface area contributed by atoms with Gasteiger partial charge in [-0.25, -0.2) is 4.98 Å². The highest BCUT2D eigenvalue weighted by molar-refractivity contribution is 5.92. The molecule has 0 aromatic carbocycles. The van der Waals surface area contributed by atoms with E-state index >= 15 is 0 Å². The summed E-state index contributed by atoms with van der Waals surface area (Å²) >= 11 is 0. The van der Waals surface area contributed by atoms with Gasteiger partial charge in [-0.3, -0.25) is 4.79 Å². The molecule has 0 unspecified atom stereocenters. The number of hydrogen-bond donors (Lipinski definition) is 1. The van der Waals surface area contributed by atoms with E-state index in [4.69, 9.17) is 4.42 Å². The average Bonchev–Trinajstić information content (AvgIpc) is 3.07. The van der Waals surface area contributed by atoms with E-state index in [-0.39, 0.29) is 5.91 Å². The zero-order valence-electron chi connectivity index (χ0n) is 12.8. The minimum absolute atomic E-state index is 0.0319. The lowest BCUT2D eigenvalue weighted by Gasteiger charge is -2.30. The summed E-state index contributed by atoms with van der Waals surface area (Å²) < 4.78 is 5.26. The average molecular weight is 299 g/mol. The van der Waals surface area contributed by atoms with Gasteiger partial charge in [-0.1, -0.05) is 6.92 Å². The topological polar surface area (TPSA) is 58.4 Å². The highest BCUT2D eigenvalue weighted by Gasteiger charge is 2.22. The number of rotatable bonds is 4. The van der Waals surface area contributed by atoms with E-state index < -0.39 is 0 Å². The van der Waals surface area contributed by atoms with Crippen molar-refractivity contribution in [2.75, 3.05) is 18.4 Å². The molecule has 2 aromatic heterocycles.